The van der Waals surface area contributed by atoms with E-state index in [4.69, 9.17) is 9.72 Å². The number of nitrogens with one attached hydrogen (secondary N) is 1. The van der Waals surface area contributed by atoms with Gasteiger partial charge in [0.2, 0.25) is 0 Å². The lowest BCUT2D eigenvalue weighted by Gasteiger charge is -2.23. The van der Waals surface area contributed by atoms with Gasteiger partial charge in [0.1, 0.15) is 11.6 Å². The van der Waals surface area contributed by atoms with Gasteiger partial charge < -0.3 is 10.1 Å². The molecule has 0 amide bonds. The first-order valence-electron chi connectivity index (χ1n) is 10.9. The predicted octanol–water partition coefficient (Wildman–Crippen LogP) is 4.91. The molecule has 0 bridgehead atoms. The van der Waals surface area contributed by atoms with Crippen molar-refractivity contribution < 1.29 is 4.74 Å². The molecule has 0 unspecified atom stereocenters. The summed E-state index contributed by atoms with van der Waals surface area (Å²) in [6.07, 6.45) is 10.8. The van der Waals surface area contributed by atoms with Crippen molar-refractivity contribution in [2.24, 2.45) is 7.05 Å². The highest BCUT2D eigenvalue weighted by Gasteiger charge is 2.24. The maximum Gasteiger partial charge on any atom is 0.159 e. The molecule has 2 aliphatic rings. The molecular weight excluding hydrogens is 376 g/mol. The minimum atomic E-state index is 0.309. The number of aromatic nitrogens is 5. The number of aryl methyl sites for hydroxylation is 2. The fourth-order valence-corrected chi connectivity index (χ4v) is 4.14. The zero-order valence-electron chi connectivity index (χ0n) is 17.6. The van der Waals surface area contributed by atoms with E-state index in [-0.39, 0.29) is 0 Å². The predicted molar refractivity (Wildman–Crippen MR) is 116 cm³/mol. The molecule has 30 heavy (non-hydrogen) atoms. The topological polar surface area (TPSA) is 77.8 Å². The highest BCUT2D eigenvalue weighted by atomic mass is 16.5. The van der Waals surface area contributed by atoms with Crippen LogP contribution in [-0.2, 0) is 7.05 Å². The van der Waals surface area contributed by atoms with Crippen molar-refractivity contribution in [1.82, 2.24) is 25.0 Å². The van der Waals surface area contributed by atoms with Crippen molar-refractivity contribution in [2.75, 3.05) is 5.32 Å². The van der Waals surface area contributed by atoms with Gasteiger partial charge >= 0.3 is 0 Å². The van der Waals surface area contributed by atoms with Crippen LogP contribution in [0.2, 0.25) is 0 Å². The van der Waals surface area contributed by atoms with Crippen LogP contribution in [0.15, 0.2) is 30.5 Å². The van der Waals surface area contributed by atoms with E-state index >= 15 is 0 Å². The van der Waals surface area contributed by atoms with Crippen LogP contribution in [-0.4, -0.2) is 31.1 Å². The lowest BCUT2D eigenvalue weighted by Crippen LogP contribution is -2.20. The third-order valence-electron chi connectivity index (χ3n) is 6.03. The number of nitrogens with zero attached hydrogens (tertiary/aromatic N) is 5. The first-order chi connectivity index (χ1) is 14.7. The summed E-state index contributed by atoms with van der Waals surface area (Å²) in [4.78, 5) is 9.26. The summed E-state index contributed by atoms with van der Waals surface area (Å²) in [6.45, 7) is 1.99. The Morgan fingerprint density at radius 1 is 1.07 bits per heavy atom. The normalized spacial score (nSPS) is 17.1. The summed E-state index contributed by atoms with van der Waals surface area (Å²) in [5.41, 5.74) is 3.70. The molecular formula is C23H28N6O. The van der Waals surface area contributed by atoms with Gasteiger partial charge in [0.25, 0.3) is 0 Å². The quantitative estimate of drug-likeness (QED) is 0.629. The van der Waals surface area contributed by atoms with Gasteiger partial charge in [-0.3, -0.25) is 0 Å². The van der Waals surface area contributed by atoms with Crippen LogP contribution in [0.1, 0.15) is 62.1 Å². The Morgan fingerprint density at radius 3 is 2.67 bits per heavy atom. The summed E-state index contributed by atoms with van der Waals surface area (Å²) >= 11 is 0. The number of ether oxygens (including phenoxy) is 1. The minimum Gasteiger partial charge on any atom is -0.489 e. The lowest BCUT2D eigenvalue weighted by molar-refractivity contribution is 0.153. The van der Waals surface area contributed by atoms with Gasteiger partial charge in [-0.25, -0.2) is 14.6 Å². The van der Waals surface area contributed by atoms with Gasteiger partial charge in [-0.05, 0) is 81.2 Å². The van der Waals surface area contributed by atoms with Gasteiger partial charge in [0.05, 0.1) is 17.5 Å². The van der Waals surface area contributed by atoms with E-state index in [0.29, 0.717) is 17.7 Å². The van der Waals surface area contributed by atoms with Crippen molar-refractivity contribution in [1.29, 1.82) is 0 Å². The second kappa shape index (κ2) is 8.05. The number of pyridine rings is 2. The van der Waals surface area contributed by atoms with E-state index in [1.54, 1.807) is 4.68 Å². The second-order valence-corrected chi connectivity index (χ2v) is 8.44. The molecule has 0 aliphatic heterocycles. The summed E-state index contributed by atoms with van der Waals surface area (Å²) in [5, 5.41) is 12.0. The molecule has 0 saturated heterocycles. The van der Waals surface area contributed by atoms with E-state index < -0.39 is 0 Å². The Kier molecular flexibility index (Phi) is 5.11. The van der Waals surface area contributed by atoms with Crippen molar-refractivity contribution in [3.05, 3.63) is 41.7 Å². The zero-order chi connectivity index (χ0) is 20.5. The molecule has 3 aromatic rings. The first-order valence-corrected chi connectivity index (χ1v) is 10.9. The highest BCUT2D eigenvalue weighted by Crippen LogP contribution is 2.40. The van der Waals surface area contributed by atoms with Crippen LogP contribution in [0, 0.1) is 6.92 Å². The number of hydrogen-bond acceptors (Lipinski definition) is 6. The van der Waals surface area contributed by atoms with E-state index in [1.807, 2.05) is 32.3 Å². The van der Waals surface area contributed by atoms with Crippen LogP contribution in [0.5, 0.6) is 5.75 Å². The lowest BCUT2D eigenvalue weighted by atomic mass is 9.98. The van der Waals surface area contributed by atoms with Gasteiger partial charge in [-0.2, -0.15) is 0 Å². The Hall–Kier alpha value is -2.96. The molecule has 0 atom stereocenters. The van der Waals surface area contributed by atoms with Gasteiger partial charge in [-0.1, -0.05) is 11.6 Å². The van der Waals surface area contributed by atoms with E-state index in [0.717, 1.165) is 41.6 Å². The largest absolute Gasteiger partial charge is 0.489 e. The first kappa shape index (κ1) is 19.0. The van der Waals surface area contributed by atoms with E-state index in [1.165, 1.54) is 37.7 Å². The van der Waals surface area contributed by atoms with E-state index in [2.05, 4.69) is 32.7 Å². The van der Waals surface area contributed by atoms with Gasteiger partial charge in [0, 0.05) is 13.2 Å². The van der Waals surface area contributed by atoms with Gasteiger partial charge in [0.15, 0.2) is 11.5 Å². The standard InChI is InChI=1S/C23H28N6O/c1-15-20(30-18-6-4-3-5-7-18)11-10-19(25-15)22-23(29(2)28-27-22)26-21-14-17(12-13-24-21)16-8-9-16/h10-14,16,18H,3-9H2,1-2H3,(H,24,26). The Bertz CT molecular complexity index is 1040. The molecule has 156 valence electrons. The molecule has 2 fully saturated rings. The molecule has 0 spiro atoms. The fourth-order valence-electron chi connectivity index (χ4n) is 4.14. The smallest absolute Gasteiger partial charge is 0.159 e. The maximum atomic E-state index is 6.22. The molecule has 3 aromatic heterocycles. The molecule has 5 rings (SSSR count). The van der Waals surface area contributed by atoms with Crippen LogP contribution in [0.25, 0.3) is 11.4 Å². The monoisotopic (exact) mass is 404 g/mol. The second-order valence-electron chi connectivity index (χ2n) is 8.44. The van der Waals surface area contributed by atoms with Crippen LogP contribution in [0.3, 0.4) is 0 Å². The summed E-state index contributed by atoms with van der Waals surface area (Å²) in [6, 6.07) is 8.19. The Labute approximate surface area is 176 Å². The molecule has 7 heteroatoms. The Morgan fingerprint density at radius 2 is 1.90 bits per heavy atom. The van der Waals surface area contributed by atoms with Crippen molar-refractivity contribution in [2.45, 2.75) is 63.9 Å². The summed E-state index contributed by atoms with van der Waals surface area (Å²) in [5.74, 6) is 3.13. The Balaban J connectivity index is 1.38. The molecule has 0 aromatic carbocycles. The third-order valence-corrected chi connectivity index (χ3v) is 6.03. The minimum absolute atomic E-state index is 0.309. The van der Waals surface area contributed by atoms with Crippen LogP contribution >= 0.6 is 0 Å². The molecule has 7 nitrogen and oxygen atoms in total. The average Bonchev–Trinajstić information content (AvgIpc) is 3.56. The maximum absolute atomic E-state index is 6.22. The van der Waals surface area contributed by atoms with Crippen molar-refractivity contribution in [3.8, 4) is 17.1 Å². The zero-order valence-corrected chi connectivity index (χ0v) is 17.6. The summed E-state index contributed by atoms with van der Waals surface area (Å²) in [7, 11) is 1.87. The number of rotatable bonds is 6. The van der Waals surface area contributed by atoms with Crippen LogP contribution in [0.4, 0.5) is 11.6 Å². The van der Waals surface area contributed by atoms with Crippen molar-refractivity contribution >= 4 is 11.6 Å². The molecule has 1 N–H and O–H groups in total. The molecule has 3 heterocycles. The van der Waals surface area contributed by atoms with Crippen LogP contribution < -0.4 is 10.1 Å². The molecule has 2 aliphatic carbocycles. The summed E-state index contributed by atoms with van der Waals surface area (Å²) < 4.78 is 7.95. The van der Waals surface area contributed by atoms with Crippen molar-refractivity contribution in [3.63, 3.8) is 0 Å². The molecule has 0 radical (unpaired) electrons. The van der Waals surface area contributed by atoms with E-state index in [9.17, 15) is 0 Å². The highest BCUT2D eigenvalue weighted by molar-refractivity contribution is 5.72. The SMILES string of the molecule is Cc1nc(-c2nnn(C)c2Nc2cc(C3CC3)ccn2)ccc1OC1CCCCC1. The third kappa shape index (κ3) is 4.01. The fraction of sp³-hybridized carbons (Fsp3) is 0.478. The number of anilines is 2. The van der Waals surface area contributed by atoms with Gasteiger partial charge in [-0.15, -0.1) is 5.10 Å². The number of hydrogen-bond donors (Lipinski definition) is 1. The molecule has 2 saturated carbocycles. The average molecular weight is 405 g/mol.